The Labute approximate surface area is 83.5 Å². The molecule has 1 aromatic carbocycles. The first-order valence-corrected chi connectivity index (χ1v) is 4.84. The molecular weight excluding hydrogens is 186 g/mol. The van der Waals surface area contributed by atoms with Gasteiger partial charge < -0.3 is 10.4 Å². The summed E-state index contributed by atoms with van der Waals surface area (Å²) in [6.45, 7) is 3.01. The van der Waals surface area contributed by atoms with Gasteiger partial charge in [0, 0.05) is 17.6 Å². The van der Waals surface area contributed by atoms with Crippen LogP contribution in [-0.4, -0.2) is 11.7 Å². The minimum Gasteiger partial charge on any atom is -0.506 e. The number of anilines is 1. The van der Waals surface area contributed by atoms with E-state index in [1.807, 2.05) is 0 Å². The number of benzene rings is 1. The van der Waals surface area contributed by atoms with E-state index in [1.165, 1.54) is 6.07 Å². The molecule has 72 valence electrons. The third-order valence-corrected chi connectivity index (χ3v) is 2.04. The van der Waals surface area contributed by atoms with E-state index >= 15 is 0 Å². The molecule has 0 saturated heterocycles. The van der Waals surface area contributed by atoms with Crippen LogP contribution in [0, 0.1) is 0 Å². The van der Waals surface area contributed by atoms with Crippen molar-refractivity contribution < 1.29 is 5.11 Å². The molecule has 1 rings (SSSR count). The van der Waals surface area contributed by atoms with Crippen molar-refractivity contribution in [1.29, 1.82) is 0 Å². The highest BCUT2D eigenvalue weighted by atomic mass is 35.5. The molecule has 0 heterocycles. The highest BCUT2D eigenvalue weighted by Gasteiger charge is 1.99. The van der Waals surface area contributed by atoms with Gasteiger partial charge in [0.2, 0.25) is 0 Å². The average molecular weight is 200 g/mol. The lowest BCUT2D eigenvalue weighted by molar-refractivity contribution is 0.477. The lowest BCUT2D eigenvalue weighted by atomic mass is 10.2. The largest absolute Gasteiger partial charge is 0.506 e. The van der Waals surface area contributed by atoms with E-state index in [1.54, 1.807) is 12.1 Å². The summed E-state index contributed by atoms with van der Waals surface area (Å²) in [5.41, 5.74) is 0.748. The van der Waals surface area contributed by atoms with Crippen LogP contribution in [0.4, 0.5) is 5.69 Å². The highest BCUT2D eigenvalue weighted by Crippen LogP contribution is 2.26. The first-order chi connectivity index (χ1) is 6.24. The maximum absolute atomic E-state index is 9.44. The van der Waals surface area contributed by atoms with Crippen LogP contribution >= 0.6 is 11.6 Å². The van der Waals surface area contributed by atoms with Gasteiger partial charge in [-0.2, -0.15) is 0 Å². The molecule has 0 saturated carbocycles. The average Bonchev–Trinajstić information content (AvgIpc) is 2.09. The van der Waals surface area contributed by atoms with Gasteiger partial charge in [-0.25, -0.2) is 0 Å². The summed E-state index contributed by atoms with van der Waals surface area (Å²) in [5, 5.41) is 13.1. The number of unbranched alkanes of at least 4 members (excludes halogenated alkanes) is 1. The molecule has 0 atom stereocenters. The minimum absolute atomic E-state index is 0.212. The van der Waals surface area contributed by atoms with E-state index in [4.69, 9.17) is 11.6 Å². The fourth-order valence-electron chi connectivity index (χ4n) is 1.05. The molecule has 2 nitrogen and oxygen atoms in total. The summed E-state index contributed by atoms with van der Waals surface area (Å²) in [6.07, 6.45) is 2.24. The Morgan fingerprint density at radius 2 is 2.23 bits per heavy atom. The smallest absolute Gasteiger partial charge is 0.140 e. The lowest BCUT2D eigenvalue weighted by Crippen LogP contribution is -2.00. The van der Waals surface area contributed by atoms with E-state index in [0.29, 0.717) is 5.02 Å². The van der Waals surface area contributed by atoms with Crippen molar-refractivity contribution in [2.45, 2.75) is 19.8 Å². The molecule has 0 aliphatic carbocycles. The van der Waals surface area contributed by atoms with E-state index in [0.717, 1.165) is 25.1 Å². The molecule has 0 fully saturated rings. The van der Waals surface area contributed by atoms with Crippen molar-refractivity contribution in [1.82, 2.24) is 0 Å². The van der Waals surface area contributed by atoms with Gasteiger partial charge in [-0.3, -0.25) is 0 Å². The Bertz CT molecular complexity index is 276. The zero-order chi connectivity index (χ0) is 9.68. The second-order valence-electron chi connectivity index (χ2n) is 2.94. The third kappa shape index (κ3) is 3.15. The molecule has 0 radical (unpaired) electrons. The number of aromatic hydroxyl groups is 1. The van der Waals surface area contributed by atoms with Crippen molar-refractivity contribution in [3.8, 4) is 5.75 Å². The summed E-state index contributed by atoms with van der Waals surface area (Å²) in [6, 6.07) is 5.08. The van der Waals surface area contributed by atoms with Gasteiger partial charge in [0.05, 0.1) is 5.69 Å². The molecule has 13 heavy (non-hydrogen) atoms. The van der Waals surface area contributed by atoms with Gasteiger partial charge in [-0.05, 0) is 18.6 Å². The van der Waals surface area contributed by atoms with Crippen LogP contribution in [0.15, 0.2) is 18.2 Å². The number of hydrogen-bond acceptors (Lipinski definition) is 2. The molecular formula is C10H14ClNO. The van der Waals surface area contributed by atoms with Crippen molar-refractivity contribution in [2.75, 3.05) is 11.9 Å². The van der Waals surface area contributed by atoms with Crippen LogP contribution in [0.1, 0.15) is 19.8 Å². The molecule has 0 spiro atoms. The molecule has 0 unspecified atom stereocenters. The topological polar surface area (TPSA) is 32.3 Å². The minimum atomic E-state index is 0.212. The van der Waals surface area contributed by atoms with Gasteiger partial charge in [0.25, 0.3) is 0 Å². The van der Waals surface area contributed by atoms with E-state index in [9.17, 15) is 5.11 Å². The number of nitrogens with one attached hydrogen (secondary N) is 1. The van der Waals surface area contributed by atoms with Crippen LogP contribution in [0.3, 0.4) is 0 Å². The summed E-state index contributed by atoms with van der Waals surface area (Å²) in [4.78, 5) is 0. The molecule has 2 N–H and O–H groups in total. The molecule has 0 aliphatic heterocycles. The number of halogens is 1. The first-order valence-electron chi connectivity index (χ1n) is 4.46. The standard InChI is InChI=1S/C10H14ClNO/c1-2-3-6-12-9-5-4-8(11)7-10(9)13/h4-5,7,12-13H,2-3,6H2,1H3. The Balaban J connectivity index is 2.56. The summed E-state index contributed by atoms with van der Waals surface area (Å²) >= 11 is 5.69. The SMILES string of the molecule is CCCCNc1ccc(Cl)cc1O. The van der Waals surface area contributed by atoms with Crippen molar-refractivity contribution >= 4 is 17.3 Å². The van der Waals surface area contributed by atoms with Crippen molar-refractivity contribution in [2.24, 2.45) is 0 Å². The fourth-order valence-corrected chi connectivity index (χ4v) is 1.22. The van der Waals surface area contributed by atoms with E-state index in [-0.39, 0.29) is 5.75 Å². The molecule has 1 aromatic rings. The van der Waals surface area contributed by atoms with Crippen LogP contribution in [0.25, 0.3) is 0 Å². The first kappa shape index (κ1) is 10.2. The number of hydrogen-bond donors (Lipinski definition) is 2. The van der Waals surface area contributed by atoms with Gasteiger partial charge in [-0.1, -0.05) is 24.9 Å². The Kier molecular flexibility index (Phi) is 3.90. The van der Waals surface area contributed by atoms with E-state index in [2.05, 4.69) is 12.2 Å². The van der Waals surface area contributed by atoms with Gasteiger partial charge in [0.15, 0.2) is 0 Å². The van der Waals surface area contributed by atoms with Crippen LogP contribution in [0.2, 0.25) is 5.02 Å². The Morgan fingerprint density at radius 1 is 1.46 bits per heavy atom. The van der Waals surface area contributed by atoms with Gasteiger partial charge >= 0.3 is 0 Å². The quantitative estimate of drug-likeness (QED) is 0.576. The second-order valence-corrected chi connectivity index (χ2v) is 3.38. The predicted molar refractivity (Wildman–Crippen MR) is 56.5 cm³/mol. The Morgan fingerprint density at radius 3 is 2.85 bits per heavy atom. The monoisotopic (exact) mass is 199 g/mol. The van der Waals surface area contributed by atoms with Crippen molar-refractivity contribution in [3.05, 3.63) is 23.2 Å². The predicted octanol–water partition coefficient (Wildman–Crippen LogP) is 3.26. The molecule has 3 heteroatoms. The Hall–Kier alpha value is -0.890. The zero-order valence-corrected chi connectivity index (χ0v) is 8.43. The normalized spacial score (nSPS) is 10.0. The maximum Gasteiger partial charge on any atom is 0.140 e. The van der Waals surface area contributed by atoms with Crippen molar-refractivity contribution in [3.63, 3.8) is 0 Å². The second kappa shape index (κ2) is 4.97. The zero-order valence-electron chi connectivity index (χ0n) is 7.68. The lowest BCUT2D eigenvalue weighted by Gasteiger charge is -2.07. The number of phenolic OH excluding ortho intramolecular Hbond substituents is 1. The summed E-state index contributed by atoms with van der Waals surface area (Å²) < 4.78 is 0. The molecule has 0 aromatic heterocycles. The van der Waals surface area contributed by atoms with Crippen LogP contribution < -0.4 is 5.32 Å². The fraction of sp³-hybridized carbons (Fsp3) is 0.400. The molecule has 0 amide bonds. The van der Waals surface area contributed by atoms with Gasteiger partial charge in [0.1, 0.15) is 5.75 Å². The maximum atomic E-state index is 9.44. The van der Waals surface area contributed by atoms with E-state index < -0.39 is 0 Å². The number of rotatable bonds is 4. The molecule has 0 bridgehead atoms. The molecule has 0 aliphatic rings. The number of phenols is 1. The third-order valence-electron chi connectivity index (χ3n) is 1.81. The highest BCUT2D eigenvalue weighted by molar-refractivity contribution is 6.30. The van der Waals surface area contributed by atoms with Crippen LogP contribution in [0.5, 0.6) is 5.75 Å². The summed E-state index contributed by atoms with van der Waals surface area (Å²) in [7, 11) is 0. The van der Waals surface area contributed by atoms with Gasteiger partial charge in [-0.15, -0.1) is 0 Å². The van der Waals surface area contributed by atoms with Crippen LogP contribution in [-0.2, 0) is 0 Å². The summed E-state index contributed by atoms with van der Waals surface area (Å²) in [5.74, 6) is 0.212.